The average molecular weight is 240 g/mol. The molecule has 0 heterocycles. The van der Waals surface area contributed by atoms with Gasteiger partial charge in [-0.15, -0.1) is 0 Å². The predicted octanol–water partition coefficient (Wildman–Crippen LogP) is 0.745. The first-order chi connectivity index (χ1) is 6.42. The Morgan fingerprint density at radius 3 is 1.93 bits per heavy atom. The van der Waals surface area contributed by atoms with Crippen molar-refractivity contribution in [2.75, 3.05) is 0 Å². The van der Waals surface area contributed by atoms with Crippen molar-refractivity contribution in [1.82, 2.24) is 0 Å². The molecule has 78 valence electrons. The van der Waals surface area contributed by atoms with Gasteiger partial charge in [0.2, 0.25) is 0 Å². The van der Waals surface area contributed by atoms with Crippen LogP contribution >= 0.6 is 0 Å². The van der Waals surface area contributed by atoms with Crippen LogP contribution in [0.3, 0.4) is 0 Å². The van der Waals surface area contributed by atoms with Crippen molar-refractivity contribution in [1.29, 1.82) is 0 Å². The minimum absolute atomic E-state index is 0. The summed E-state index contributed by atoms with van der Waals surface area (Å²) < 4.78 is 38.6. The second-order valence-corrected chi connectivity index (χ2v) is 3.71. The number of benzene rings is 1. The Morgan fingerprint density at radius 2 is 1.60 bits per heavy atom. The molecule has 0 aliphatic rings. The maximum absolute atomic E-state index is 12.9. The fourth-order valence-corrected chi connectivity index (χ4v) is 1.44. The third-order valence-corrected chi connectivity index (χ3v) is 2.89. The van der Waals surface area contributed by atoms with Gasteiger partial charge >= 0.3 is 58.4 Å². The molecule has 0 aliphatic carbocycles. The second kappa shape index (κ2) is 5.87. The van der Waals surface area contributed by atoms with Crippen LogP contribution in [0.5, 0.6) is 0 Å². The van der Waals surface area contributed by atoms with E-state index in [1.165, 1.54) is 6.92 Å². The van der Waals surface area contributed by atoms with Gasteiger partial charge in [0.1, 0.15) is 0 Å². The van der Waals surface area contributed by atoms with Crippen molar-refractivity contribution >= 4 is 6.98 Å². The van der Waals surface area contributed by atoms with Crippen LogP contribution in [0, 0.1) is 0 Å². The molecular weight excluding hydrogens is 227 g/mol. The number of hydrogen-bond acceptors (Lipinski definition) is 0. The Morgan fingerprint density at radius 1 is 1.13 bits per heavy atom. The van der Waals surface area contributed by atoms with Gasteiger partial charge in [-0.25, -0.2) is 0 Å². The van der Waals surface area contributed by atoms with Gasteiger partial charge in [0, 0.05) is 0 Å². The van der Waals surface area contributed by atoms with E-state index in [1.54, 1.807) is 37.3 Å². The maximum atomic E-state index is 12.9. The van der Waals surface area contributed by atoms with E-state index >= 15 is 0 Å². The van der Waals surface area contributed by atoms with Crippen LogP contribution in [-0.4, -0.2) is 6.98 Å². The topological polar surface area (TPSA) is 0 Å². The smallest absolute Gasteiger partial charge is 0.448 e. The number of rotatable bonds is 3. The molecule has 0 bridgehead atoms. The predicted molar refractivity (Wildman–Crippen MR) is 53.2 cm³/mol. The molecular formula is C10H13BF3K. The molecule has 0 spiro atoms. The fraction of sp³-hybridized carbons (Fsp3) is 0.400. The van der Waals surface area contributed by atoms with Gasteiger partial charge in [-0.1, -0.05) is 56.2 Å². The van der Waals surface area contributed by atoms with Crippen LogP contribution in [-0.2, 0) is 5.31 Å². The molecule has 0 fully saturated rings. The summed E-state index contributed by atoms with van der Waals surface area (Å²) in [6.45, 7) is -2.01. The first-order valence-electron chi connectivity index (χ1n) is 4.66. The summed E-state index contributed by atoms with van der Waals surface area (Å²) in [7, 11) is 0. The molecule has 0 saturated heterocycles. The minimum Gasteiger partial charge on any atom is -0.448 e. The molecule has 5 heteroatoms. The molecule has 0 saturated carbocycles. The Labute approximate surface area is 131 Å². The quantitative estimate of drug-likeness (QED) is 0.684. The Kier molecular flexibility index (Phi) is 6.15. The Balaban J connectivity index is 0.00000196. The van der Waals surface area contributed by atoms with Gasteiger partial charge in [-0.05, 0) is 5.31 Å². The van der Waals surface area contributed by atoms with Crippen molar-refractivity contribution in [2.24, 2.45) is 0 Å². The molecule has 1 rings (SSSR count). The first kappa shape index (κ1) is 15.7. The molecule has 0 unspecified atom stereocenters. The summed E-state index contributed by atoms with van der Waals surface area (Å²) in [4.78, 5) is 0. The third kappa shape index (κ3) is 3.33. The van der Waals surface area contributed by atoms with Gasteiger partial charge in [-0.2, -0.15) is 0 Å². The van der Waals surface area contributed by atoms with Gasteiger partial charge in [0.25, 0.3) is 0 Å². The average Bonchev–Trinajstić information content (AvgIpc) is 2.16. The van der Waals surface area contributed by atoms with Crippen LogP contribution in [0.4, 0.5) is 12.9 Å². The molecule has 0 aromatic heterocycles. The molecule has 0 nitrogen and oxygen atoms in total. The summed E-state index contributed by atoms with van der Waals surface area (Å²) in [5.74, 6) is 0. The zero-order chi connectivity index (χ0) is 10.8. The normalized spacial score (nSPS) is 15.3. The zero-order valence-corrected chi connectivity index (χ0v) is 12.4. The van der Waals surface area contributed by atoms with Crippen molar-refractivity contribution in [2.45, 2.75) is 25.6 Å². The summed E-state index contributed by atoms with van der Waals surface area (Å²) in [5, 5.41) is -1.67. The monoisotopic (exact) mass is 240 g/mol. The van der Waals surface area contributed by atoms with Crippen LogP contribution in [0.15, 0.2) is 30.3 Å². The minimum atomic E-state index is -4.85. The molecule has 0 N–H and O–H groups in total. The van der Waals surface area contributed by atoms with E-state index in [4.69, 9.17) is 0 Å². The van der Waals surface area contributed by atoms with E-state index in [0.29, 0.717) is 5.56 Å². The van der Waals surface area contributed by atoms with E-state index in [-0.39, 0.29) is 57.8 Å². The molecule has 1 aromatic rings. The van der Waals surface area contributed by atoms with Crippen LogP contribution in [0.1, 0.15) is 25.8 Å². The van der Waals surface area contributed by atoms with E-state index in [9.17, 15) is 12.9 Å². The van der Waals surface area contributed by atoms with Crippen LogP contribution < -0.4 is 51.4 Å². The van der Waals surface area contributed by atoms with Crippen molar-refractivity contribution in [3.63, 3.8) is 0 Å². The van der Waals surface area contributed by atoms with E-state index in [0.717, 1.165) is 0 Å². The summed E-state index contributed by atoms with van der Waals surface area (Å²) in [5.41, 5.74) is 0.356. The molecule has 0 aliphatic heterocycles. The standard InChI is InChI=1S/C10H13BF3.K/c1-3-10(2,11(12,13)14)9-7-5-4-6-8-9;/h4-8H,3H2,1-2H3;/q-1;+1/t10-;/m1./s1. The molecule has 0 amide bonds. The van der Waals surface area contributed by atoms with Gasteiger partial charge in [0.15, 0.2) is 0 Å². The van der Waals surface area contributed by atoms with Crippen LogP contribution in [0.2, 0.25) is 0 Å². The van der Waals surface area contributed by atoms with Gasteiger partial charge in [-0.3, -0.25) is 0 Å². The zero-order valence-electron chi connectivity index (χ0n) is 9.31. The molecule has 1 atom stereocenters. The van der Waals surface area contributed by atoms with Crippen LogP contribution in [0.25, 0.3) is 0 Å². The fourth-order valence-electron chi connectivity index (χ4n) is 1.44. The van der Waals surface area contributed by atoms with Gasteiger partial charge in [0.05, 0.1) is 0 Å². The Hall–Kier alpha value is 0.711. The van der Waals surface area contributed by atoms with Crippen molar-refractivity contribution < 1.29 is 64.3 Å². The largest absolute Gasteiger partial charge is 1.00 e. The molecule has 15 heavy (non-hydrogen) atoms. The van der Waals surface area contributed by atoms with Crippen molar-refractivity contribution in [3.8, 4) is 0 Å². The van der Waals surface area contributed by atoms with Gasteiger partial charge < -0.3 is 12.9 Å². The van der Waals surface area contributed by atoms with Crippen molar-refractivity contribution in [3.05, 3.63) is 35.9 Å². The molecule has 1 aromatic carbocycles. The number of halogens is 3. The second-order valence-electron chi connectivity index (χ2n) is 3.71. The first-order valence-corrected chi connectivity index (χ1v) is 4.66. The van der Waals surface area contributed by atoms with E-state index in [1.807, 2.05) is 0 Å². The summed E-state index contributed by atoms with van der Waals surface area (Å²) in [6.07, 6.45) is 0.0838. The Bertz CT molecular complexity index is 299. The summed E-state index contributed by atoms with van der Waals surface area (Å²) in [6, 6.07) is 8.09. The SMILES string of the molecule is CC[C@](C)(c1ccccc1)[B-](F)(F)F.[K+]. The van der Waals surface area contributed by atoms with E-state index < -0.39 is 12.3 Å². The maximum Gasteiger partial charge on any atom is 1.00 e. The van der Waals surface area contributed by atoms with E-state index in [2.05, 4.69) is 0 Å². The molecule has 0 radical (unpaired) electrons. The number of hydrogen-bond donors (Lipinski definition) is 0. The summed E-state index contributed by atoms with van der Waals surface area (Å²) >= 11 is 0. The third-order valence-electron chi connectivity index (χ3n) is 2.89.